The van der Waals surface area contributed by atoms with Gasteiger partial charge in [0.15, 0.2) is 11.5 Å². The Morgan fingerprint density at radius 2 is 1.77 bits per heavy atom. The van der Waals surface area contributed by atoms with Crippen LogP contribution in [0.3, 0.4) is 0 Å². The van der Waals surface area contributed by atoms with Crippen LogP contribution in [-0.2, 0) is 9.47 Å². The molecule has 3 aliphatic rings. The Bertz CT molecular complexity index is 1340. The van der Waals surface area contributed by atoms with E-state index in [4.69, 9.17) is 24.5 Å². The summed E-state index contributed by atoms with van der Waals surface area (Å²) in [6.45, 7) is 5.23. The van der Waals surface area contributed by atoms with Crippen LogP contribution in [0.2, 0.25) is 0 Å². The number of benzene rings is 1. The van der Waals surface area contributed by atoms with E-state index in [-0.39, 0.29) is 30.4 Å². The molecule has 206 valence electrons. The summed E-state index contributed by atoms with van der Waals surface area (Å²) in [7, 11) is 1.41. The minimum Gasteiger partial charge on any atom is -0.453 e. The Labute approximate surface area is 226 Å². The molecular formula is C27H34N8O4. The van der Waals surface area contributed by atoms with Crippen molar-refractivity contribution in [2.24, 2.45) is 0 Å². The number of urea groups is 1. The second-order valence-corrected chi connectivity index (χ2v) is 10.3. The molecule has 2 N–H and O–H groups in total. The molecular weight excluding hydrogens is 500 g/mol. The summed E-state index contributed by atoms with van der Waals surface area (Å²) in [5.41, 5.74) is 2.33. The molecule has 2 atom stereocenters. The molecule has 3 aromatic rings. The number of morpholine rings is 1. The Balaban J connectivity index is 1.34. The van der Waals surface area contributed by atoms with Crippen molar-refractivity contribution in [2.75, 3.05) is 50.1 Å². The number of methoxy groups -OCH3 is 1. The molecule has 12 heteroatoms. The smallest absolute Gasteiger partial charge is 0.409 e. The third-order valence-electron chi connectivity index (χ3n) is 7.76. The number of aromatic nitrogens is 4. The average Bonchev–Trinajstić information content (AvgIpc) is 3.54. The molecule has 0 spiro atoms. The summed E-state index contributed by atoms with van der Waals surface area (Å²) >= 11 is 0. The lowest BCUT2D eigenvalue weighted by atomic mass is 10.1. The van der Waals surface area contributed by atoms with Crippen molar-refractivity contribution in [3.05, 3.63) is 30.5 Å². The van der Waals surface area contributed by atoms with Crippen LogP contribution in [0.15, 0.2) is 30.5 Å². The van der Waals surface area contributed by atoms with Gasteiger partial charge in [-0.25, -0.2) is 24.2 Å². The molecule has 0 unspecified atom stereocenters. The summed E-state index contributed by atoms with van der Waals surface area (Å²) in [6.07, 6.45) is 5.69. The average molecular weight is 535 g/mol. The number of nitrogens with one attached hydrogen (secondary N) is 2. The second kappa shape index (κ2) is 10.7. The van der Waals surface area contributed by atoms with Crippen molar-refractivity contribution in [1.82, 2.24) is 30.0 Å². The first kappa shape index (κ1) is 25.4. The van der Waals surface area contributed by atoms with E-state index in [0.717, 1.165) is 61.2 Å². The van der Waals surface area contributed by atoms with Gasteiger partial charge < -0.3 is 29.9 Å². The minimum absolute atomic E-state index is 0.114. The van der Waals surface area contributed by atoms with Crippen LogP contribution in [0.4, 0.5) is 21.1 Å². The summed E-state index contributed by atoms with van der Waals surface area (Å²) in [6, 6.07) is 7.42. The van der Waals surface area contributed by atoms with Gasteiger partial charge in [-0.2, -0.15) is 5.10 Å². The molecule has 39 heavy (non-hydrogen) atoms. The lowest BCUT2D eigenvalue weighted by Crippen LogP contribution is -2.43. The van der Waals surface area contributed by atoms with Crippen molar-refractivity contribution in [3.8, 4) is 11.4 Å². The highest BCUT2D eigenvalue weighted by atomic mass is 16.5. The van der Waals surface area contributed by atoms with Crippen LogP contribution in [0.25, 0.3) is 22.4 Å². The van der Waals surface area contributed by atoms with E-state index in [2.05, 4.69) is 15.5 Å². The van der Waals surface area contributed by atoms with Crippen molar-refractivity contribution in [2.45, 2.75) is 50.9 Å². The fourth-order valence-corrected chi connectivity index (χ4v) is 5.80. The number of hydrogen-bond acceptors (Lipinski definition) is 8. The first-order chi connectivity index (χ1) is 19.0. The van der Waals surface area contributed by atoms with E-state index in [1.165, 1.54) is 7.11 Å². The highest BCUT2D eigenvalue weighted by Gasteiger charge is 2.36. The molecule has 0 saturated carbocycles. The van der Waals surface area contributed by atoms with Gasteiger partial charge in [-0.15, -0.1) is 0 Å². The summed E-state index contributed by atoms with van der Waals surface area (Å²) in [5.74, 6) is 1.48. The number of piperidine rings is 1. The molecule has 3 amide bonds. The van der Waals surface area contributed by atoms with Gasteiger partial charge in [0.2, 0.25) is 0 Å². The zero-order valence-corrected chi connectivity index (χ0v) is 22.3. The maximum Gasteiger partial charge on any atom is 0.409 e. The lowest BCUT2D eigenvalue weighted by Gasteiger charge is -2.33. The molecule has 12 nitrogen and oxygen atoms in total. The second-order valence-electron chi connectivity index (χ2n) is 10.3. The number of amides is 3. The number of hydrogen-bond donors (Lipinski definition) is 2. The quantitative estimate of drug-likeness (QED) is 0.510. The van der Waals surface area contributed by atoms with Crippen molar-refractivity contribution < 1.29 is 19.1 Å². The molecule has 6 rings (SSSR count). The fraction of sp³-hybridized carbons (Fsp3) is 0.519. The normalized spacial score (nSPS) is 21.3. The summed E-state index contributed by atoms with van der Waals surface area (Å²) < 4.78 is 13.0. The van der Waals surface area contributed by atoms with Crippen molar-refractivity contribution >= 4 is 34.7 Å². The highest BCUT2D eigenvalue weighted by Crippen LogP contribution is 2.35. The first-order valence-electron chi connectivity index (χ1n) is 13.7. The number of carbonyl (C=O) groups excluding carboxylic acids is 2. The van der Waals surface area contributed by atoms with Gasteiger partial charge >= 0.3 is 12.1 Å². The van der Waals surface area contributed by atoms with Crippen LogP contribution < -0.4 is 15.5 Å². The van der Waals surface area contributed by atoms with Crippen LogP contribution in [0.1, 0.15) is 38.6 Å². The number of carbonyl (C=O) groups is 2. The maximum absolute atomic E-state index is 12.0. The van der Waals surface area contributed by atoms with E-state index >= 15 is 0 Å². The Hall–Kier alpha value is -3.93. The van der Waals surface area contributed by atoms with Crippen LogP contribution in [-0.4, -0.2) is 88.8 Å². The largest absolute Gasteiger partial charge is 0.453 e. The number of rotatable bonds is 5. The molecule has 3 fully saturated rings. The molecule has 2 bridgehead atoms. The monoisotopic (exact) mass is 534 g/mol. The minimum atomic E-state index is -0.294. The van der Waals surface area contributed by atoms with Gasteiger partial charge in [-0.1, -0.05) is 0 Å². The molecule has 3 aliphatic heterocycles. The van der Waals surface area contributed by atoms with Gasteiger partial charge in [0.1, 0.15) is 5.82 Å². The zero-order chi connectivity index (χ0) is 26.9. The molecule has 2 aromatic heterocycles. The fourth-order valence-electron chi connectivity index (χ4n) is 5.80. The predicted molar refractivity (Wildman–Crippen MR) is 146 cm³/mol. The number of nitrogens with zero attached hydrogens (tertiary/aromatic N) is 6. The van der Waals surface area contributed by atoms with Gasteiger partial charge in [0.05, 0.1) is 36.9 Å². The van der Waals surface area contributed by atoms with Crippen LogP contribution in [0.5, 0.6) is 0 Å². The molecule has 0 aliphatic carbocycles. The molecule has 3 saturated heterocycles. The van der Waals surface area contributed by atoms with Crippen molar-refractivity contribution in [1.29, 1.82) is 0 Å². The van der Waals surface area contributed by atoms with E-state index < -0.39 is 0 Å². The standard InChI is InChI=1S/C27H34N8O4/c1-3-28-26(36)30-18-6-4-17(5-7-18)23-31-24(34-15-20-8-9-21(16-34)39-20)22-14-29-35(25(22)32-23)19-10-12-33(13-11-19)27(37)38-2/h4-7,14,19-21H,3,8-13,15-16H2,1-2H3,(H2,28,30,36)/t20-,21+. The molecule has 5 heterocycles. The van der Waals surface area contributed by atoms with Gasteiger partial charge in [-0.05, 0) is 56.9 Å². The number of fused-ring (bicyclic) bond motifs is 3. The number of anilines is 2. The summed E-state index contributed by atoms with van der Waals surface area (Å²) in [4.78, 5) is 38.0. The van der Waals surface area contributed by atoms with Crippen LogP contribution in [0, 0.1) is 0 Å². The van der Waals surface area contributed by atoms with E-state index in [1.54, 1.807) is 4.90 Å². The molecule has 0 radical (unpaired) electrons. The lowest BCUT2D eigenvalue weighted by molar-refractivity contribution is 0.0303. The van der Waals surface area contributed by atoms with E-state index in [0.29, 0.717) is 31.1 Å². The van der Waals surface area contributed by atoms with Gasteiger partial charge in [-0.3, -0.25) is 0 Å². The first-order valence-corrected chi connectivity index (χ1v) is 13.7. The van der Waals surface area contributed by atoms with Gasteiger partial charge in [0, 0.05) is 44.0 Å². The Morgan fingerprint density at radius 1 is 1.05 bits per heavy atom. The summed E-state index contributed by atoms with van der Waals surface area (Å²) in [5, 5.41) is 11.3. The number of ether oxygens (including phenoxy) is 2. The van der Waals surface area contributed by atoms with Crippen molar-refractivity contribution in [3.63, 3.8) is 0 Å². The highest BCUT2D eigenvalue weighted by molar-refractivity contribution is 5.90. The van der Waals surface area contributed by atoms with E-state index in [1.807, 2.05) is 42.1 Å². The van der Waals surface area contributed by atoms with Gasteiger partial charge in [0.25, 0.3) is 0 Å². The van der Waals surface area contributed by atoms with Crippen LogP contribution >= 0.6 is 0 Å². The molecule has 1 aromatic carbocycles. The maximum atomic E-state index is 12.0. The Morgan fingerprint density at radius 3 is 2.44 bits per heavy atom. The third-order valence-corrected chi connectivity index (χ3v) is 7.76. The Kier molecular flexibility index (Phi) is 6.94. The topological polar surface area (TPSA) is 127 Å². The zero-order valence-electron chi connectivity index (χ0n) is 22.3. The SMILES string of the molecule is CCNC(=O)Nc1ccc(-c2nc(N3C[C@H]4CC[C@@H](C3)O4)c3cnn(C4CCN(C(=O)OC)CC4)c3n2)cc1. The predicted octanol–water partition coefficient (Wildman–Crippen LogP) is 3.41. The third kappa shape index (κ3) is 5.08. The van der Waals surface area contributed by atoms with E-state index in [9.17, 15) is 9.59 Å². The number of likely N-dealkylation sites (tertiary alicyclic amines) is 1.